The van der Waals surface area contributed by atoms with E-state index in [0.29, 0.717) is 37.9 Å². The fraction of sp³-hybridized carbons (Fsp3) is 0.355. The molecule has 0 aromatic heterocycles. The summed E-state index contributed by atoms with van der Waals surface area (Å²) in [5, 5.41) is 13.9. The monoisotopic (exact) mass is 499 g/mol. The van der Waals surface area contributed by atoms with E-state index in [-0.39, 0.29) is 17.9 Å². The number of nitrogens with zero attached hydrogens (tertiary/aromatic N) is 2. The lowest BCUT2D eigenvalue weighted by molar-refractivity contribution is -0.120. The van der Waals surface area contributed by atoms with Crippen LogP contribution < -0.4 is 5.32 Å². The zero-order valence-electron chi connectivity index (χ0n) is 21.6. The highest BCUT2D eigenvalue weighted by Crippen LogP contribution is 2.18. The van der Waals surface area contributed by atoms with E-state index in [1.54, 1.807) is 0 Å². The third-order valence-corrected chi connectivity index (χ3v) is 7.02. The minimum atomic E-state index is -0.728. The smallest absolute Gasteiger partial charge is 0.254 e. The van der Waals surface area contributed by atoms with Gasteiger partial charge in [0.25, 0.3) is 5.91 Å². The summed E-state index contributed by atoms with van der Waals surface area (Å²) in [6.07, 6.45) is 0.832. The van der Waals surface area contributed by atoms with Crippen molar-refractivity contribution < 1.29 is 14.7 Å². The van der Waals surface area contributed by atoms with Gasteiger partial charge in [-0.2, -0.15) is 0 Å². The molecule has 6 nitrogen and oxygen atoms in total. The van der Waals surface area contributed by atoms with Crippen molar-refractivity contribution in [1.29, 1.82) is 0 Å². The highest BCUT2D eigenvalue weighted by atomic mass is 16.3. The van der Waals surface area contributed by atoms with E-state index in [4.69, 9.17) is 0 Å². The number of benzene rings is 3. The molecule has 0 bridgehead atoms. The topological polar surface area (TPSA) is 72.9 Å². The van der Waals surface area contributed by atoms with Crippen LogP contribution in [0.2, 0.25) is 0 Å². The first kappa shape index (κ1) is 26.6. The van der Waals surface area contributed by atoms with Crippen molar-refractivity contribution in [3.05, 3.63) is 107 Å². The van der Waals surface area contributed by atoms with Crippen molar-refractivity contribution in [2.75, 3.05) is 26.2 Å². The molecule has 2 unspecified atom stereocenters. The summed E-state index contributed by atoms with van der Waals surface area (Å²) < 4.78 is 0. The zero-order chi connectivity index (χ0) is 26.0. The van der Waals surface area contributed by atoms with Crippen molar-refractivity contribution in [2.45, 2.75) is 44.9 Å². The molecule has 2 amide bonds. The number of hydrogen-bond acceptors (Lipinski definition) is 4. The molecule has 3 aromatic rings. The van der Waals surface area contributed by atoms with Crippen LogP contribution in [0, 0.1) is 0 Å². The number of aliphatic hydroxyl groups is 1. The molecule has 3 aromatic carbocycles. The predicted molar refractivity (Wildman–Crippen MR) is 146 cm³/mol. The molecular formula is C31H37N3O3. The van der Waals surface area contributed by atoms with E-state index >= 15 is 0 Å². The molecule has 194 valence electrons. The molecule has 1 heterocycles. The number of piperazine rings is 1. The van der Waals surface area contributed by atoms with Crippen molar-refractivity contribution in [3.63, 3.8) is 0 Å². The Morgan fingerprint density at radius 2 is 1.43 bits per heavy atom. The van der Waals surface area contributed by atoms with Crippen LogP contribution in [0.25, 0.3) is 0 Å². The Morgan fingerprint density at radius 3 is 2.08 bits per heavy atom. The number of rotatable bonds is 10. The van der Waals surface area contributed by atoms with Crippen molar-refractivity contribution >= 4 is 11.8 Å². The molecule has 6 heteroatoms. The highest BCUT2D eigenvalue weighted by Gasteiger charge is 2.25. The Hall–Kier alpha value is -3.48. The molecule has 0 aliphatic carbocycles. The maximum atomic E-state index is 13.4. The first-order valence-electron chi connectivity index (χ1n) is 13.1. The quantitative estimate of drug-likeness (QED) is 0.446. The molecule has 2 atom stereocenters. The molecule has 2 N–H and O–H groups in total. The molecule has 4 rings (SSSR count). The Kier molecular flexibility index (Phi) is 9.46. The molecule has 0 radical (unpaired) electrons. The summed E-state index contributed by atoms with van der Waals surface area (Å²) >= 11 is 0. The lowest BCUT2D eigenvalue weighted by Gasteiger charge is -2.35. The number of hydrogen-bond donors (Lipinski definition) is 2. The van der Waals surface area contributed by atoms with Crippen LogP contribution in [0.5, 0.6) is 0 Å². The standard InChI is InChI=1S/C31H37N3O3/c1-24(35)32-29(22-25-10-4-2-5-11-25)30(36)17-16-27-14-8-9-15-28(27)31(37)34-20-18-33(19-21-34)23-26-12-6-3-7-13-26/h2-15,29-30,36H,16-23H2,1H3,(H,32,35). The number of aryl methyl sites for hydroxylation is 1. The summed E-state index contributed by atoms with van der Waals surface area (Å²) in [5.74, 6) is -0.117. The van der Waals surface area contributed by atoms with E-state index in [2.05, 4.69) is 34.5 Å². The summed E-state index contributed by atoms with van der Waals surface area (Å²) in [5.41, 5.74) is 3.98. The van der Waals surface area contributed by atoms with Crippen LogP contribution >= 0.6 is 0 Å². The van der Waals surface area contributed by atoms with Crippen LogP contribution in [0.4, 0.5) is 0 Å². The third-order valence-electron chi connectivity index (χ3n) is 7.02. The van der Waals surface area contributed by atoms with Crippen molar-refractivity contribution in [1.82, 2.24) is 15.1 Å². The van der Waals surface area contributed by atoms with Gasteiger partial charge in [0.05, 0.1) is 12.1 Å². The normalized spacial score (nSPS) is 15.7. The Bertz CT molecular complexity index is 1140. The second kappa shape index (κ2) is 13.2. The maximum Gasteiger partial charge on any atom is 0.254 e. The second-order valence-electron chi connectivity index (χ2n) is 9.81. The van der Waals surface area contributed by atoms with Crippen LogP contribution in [0.1, 0.15) is 40.4 Å². The Labute approximate surface area is 219 Å². The van der Waals surface area contributed by atoms with Gasteiger partial charge in [0, 0.05) is 45.2 Å². The van der Waals surface area contributed by atoms with Crippen LogP contribution in [-0.2, 0) is 24.2 Å². The Morgan fingerprint density at radius 1 is 0.838 bits per heavy atom. The van der Waals surface area contributed by atoms with Gasteiger partial charge in [-0.15, -0.1) is 0 Å². The largest absolute Gasteiger partial charge is 0.391 e. The van der Waals surface area contributed by atoms with Crippen molar-refractivity contribution in [3.8, 4) is 0 Å². The SMILES string of the molecule is CC(=O)NC(Cc1ccccc1)C(O)CCc1ccccc1C(=O)N1CCN(Cc2ccccc2)CC1. The van der Waals surface area contributed by atoms with Gasteiger partial charge >= 0.3 is 0 Å². The second-order valence-corrected chi connectivity index (χ2v) is 9.81. The van der Waals surface area contributed by atoms with Crippen LogP contribution in [-0.4, -0.2) is 65.0 Å². The van der Waals surface area contributed by atoms with Crippen LogP contribution in [0.15, 0.2) is 84.9 Å². The number of carbonyl (C=O) groups is 2. The molecule has 1 aliphatic rings. The van der Waals surface area contributed by atoms with E-state index < -0.39 is 6.10 Å². The van der Waals surface area contributed by atoms with Gasteiger partial charge < -0.3 is 15.3 Å². The molecule has 0 spiro atoms. The van der Waals surface area contributed by atoms with E-state index in [1.807, 2.05) is 65.6 Å². The highest BCUT2D eigenvalue weighted by molar-refractivity contribution is 5.95. The van der Waals surface area contributed by atoms with Gasteiger partial charge in [0.1, 0.15) is 0 Å². The van der Waals surface area contributed by atoms with Crippen LogP contribution in [0.3, 0.4) is 0 Å². The summed E-state index contributed by atoms with van der Waals surface area (Å²) in [6, 6.07) is 27.6. The number of aliphatic hydroxyl groups excluding tert-OH is 1. The molecular weight excluding hydrogens is 462 g/mol. The van der Waals surface area contributed by atoms with Gasteiger partial charge in [-0.25, -0.2) is 0 Å². The van der Waals surface area contributed by atoms with E-state index in [0.717, 1.165) is 30.8 Å². The molecule has 1 saturated heterocycles. The van der Waals surface area contributed by atoms with Gasteiger partial charge in [-0.05, 0) is 42.0 Å². The maximum absolute atomic E-state index is 13.4. The van der Waals surface area contributed by atoms with E-state index in [1.165, 1.54) is 12.5 Å². The average Bonchev–Trinajstić information content (AvgIpc) is 2.92. The van der Waals surface area contributed by atoms with E-state index in [9.17, 15) is 14.7 Å². The van der Waals surface area contributed by atoms with Gasteiger partial charge in [0.15, 0.2) is 0 Å². The van der Waals surface area contributed by atoms with Crippen molar-refractivity contribution in [2.24, 2.45) is 0 Å². The van der Waals surface area contributed by atoms with Gasteiger partial charge in [-0.3, -0.25) is 14.5 Å². The predicted octanol–water partition coefficient (Wildman–Crippen LogP) is 3.69. The summed E-state index contributed by atoms with van der Waals surface area (Å²) in [6.45, 7) is 5.46. The van der Waals surface area contributed by atoms with Gasteiger partial charge in [-0.1, -0.05) is 78.9 Å². The van der Waals surface area contributed by atoms with Gasteiger partial charge in [0.2, 0.25) is 5.91 Å². The lowest BCUT2D eigenvalue weighted by Crippen LogP contribution is -2.48. The first-order valence-corrected chi connectivity index (χ1v) is 13.1. The lowest BCUT2D eigenvalue weighted by atomic mass is 9.94. The zero-order valence-corrected chi connectivity index (χ0v) is 21.6. The third kappa shape index (κ3) is 7.75. The minimum Gasteiger partial charge on any atom is -0.391 e. The molecule has 37 heavy (non-hydrogen) atoms. The number of carbonyl (C=O) groups excluding carboxylic acids is 2. The number of nitrogens with one attached hydrogen (secondary N) is 1. The number of amides is 2. The molecule has 0 saturated carbocycles. The summed E-state index contributed by atoms with van der Waals surface area (Å²) in [4.78, 5) is 29.6. The first-order chi connectivity index (χ1) is 18.0. The molecule has 1 aliphatic heterocycles. The average molecular weight is 500 g/mol. The summed E-state index contributed by atoms with van der Waals surface area (Å²) in [7, 11) is 0. The molecule has 1 fully saturated rings. The fourth-order valence-electron chi connectivity index (χ4n) is 4.98. The minimum absolute atomic E-state index is 0.0483. The fourth-order valence-corrected chi connectivity index (χ4v) is 4.98. The Balaban J connectivity index is 1.35.